The van der Waals surface area contributed by atoms with Gasteiger partial charge < -0.3 is 23.8 Å². The zero-order chi connectivity index (χ0) is 24.9. The molecule has 10 heteroatoms. The zero-order valence-electron chi connectivity index (χ0n) is 19.2. The van der Waals surface area contributed by atoms with Gasteiger partial charge in [0.1, 0.15) is 23.4 Å². The van der Waals surface area contributed by atoms with Gasteiger partial charge in [0.25, 0.3) is 5.56 Å². The lowest BCUT2D eigenvalue weighted by Crippen LogP contribution is -2.26. The van der Waals surface area contributed by atoms with Gasteiger partial charge in [0.15, 0.2) is 17.3 Å². The Labute approximate surface area is 198 Å². The van der Waals surface area contributed by atoms with Gasteiger partial charge in [0.2, 0.25) is 5.91 Å². The van der Waals surface area contributed by atoms with Gasteiger partial charge in [-0.3, -0.25) is 9.59 Å². The average molecular weight is 477 g/mol. The molecule has 178 valence electrons. The van der Waals surface area contributed by atoms with Crippen LogP contribution in [0, 0.1) is 11.6 Å². The van der Waals surface area contributed by atoms with E-state index in [4.69, 9.17) is 4.74 Å². The maximum absolute atomic E-state index is 14.6. The smallest absolute Gasteiger partial charge is 0.274 e. The van der Waals surface area contributed by atoms with E-state index in [1.54, 1.807) is 56.3 Å². The molecule has 35 heavy (non-hydrogen) atoms. The summed E-state index contributed by atoms with van der Waals surface area (Å²) >= 11 is 0. The molecule has 0 saturated heterocycles. The second kappa shape index (κ2) is 8.39. The molecule has 3 aromatic heterocycles. The number of pyridine rings is 1. The number of carbonyl (C=O) groups is 1. The molecule has 0 unspecified atom stereocenters. The van der Waals surface area contributed by atoms with E-state index in [-0.39, 0.29) is 29.5 Å². The lowest BCUT2D eigenvalue weighted by atomic mass is 10.0. The van der Waals surface area contributed by atoms with Gasteiger partial charge in [0.05, 0.1) is 11.8 Å². The predicted molar refractivity (Wildman–Crippen MR) is 127 cm³/mol. The molecule has 8 nitrogen and oxygen atoms in total. The highest BCUT2D eigenvalue weighted by molar-refractivity contribution is 6.00. The molecule has 0 aliphatic carbocycles. The second-order valence-corrected chi connectivity index (χ2v) is 8.37. The predicted octanol–water partition coefficient (Wildman–Crippen LogP) is 4.04. The van der Waals surface area contributed by atoms with Crippen LogP contribution >= 0.6 is 0 Å². The number of likely N-dealkylation sites (N-methyl/N-ethyl adjacent to an activating group) is 1. The fraction of sp³-hybridized carbons (Fsp3) is 0.160. The fourth-order valence-corrected chi connectivity index (χ4v) is 4.01. The summed E-state index contributed by atoms with van der Waals surface area (Å²) < 4.78 is 37.3. The number of halogens is 2. The van der Waals surface area contributed by atoms with Gasteiger partial charge in [-0.05, 0) is 30.3 Å². The first-order valence-corrected chi connectivity index (χ1v) is 10.7. The molecular formula is C25H21F2N5O3. The van der Waals surface area contributed by atoms with Crippen molar-refractivity contribution < 1.29 is 18.3 Å². The van der Waals surface area contributed by atoms with Crippen LogP contribution in [-0.4, -0.2) is 44.0 Å². The number of aromatic nitrogens is 4. The van der Waals surface area contributed by atoms with Crippen molar-refractivity contribution in [1.29, 1.82) is 0 Å². The summed E-state index contributed by atoms with van der Waals surface area (Å²) in [6.07, 6.45) is 4.84. The Hall–Kier alpha value is -4.47. The van der Waals surface area contributed by atoms with Crippen molar-refractivity contribution in [3.8, 4) is 22.6 Å². The number of aromatic amines is 1. The number of fused-ring (bicyclic) bond motifs is 2. The first-order valence-electron chi connectivity index (χ1n) is 10.7. The van der Waals surface area contributed by atoms with Crippen molar-refractivity contribution in [3.05, 3.63) is 77.1 Å². The number of hydrogen-bond donors (Lipinski definition) is 1. The third-order valence-corrected chi connectivity index (χ3v) is 5.83. The van der Waals surface area contributed by atoms with Crippen molar-refractivity contribution in [2.24, 2.45) is 7.05 Å². The highest BCUT2D eigenvalue weighted by atomic mass is 19.1. The Morgan fingerprint density at radius 2 is 1.94 bits per heavy atom. The minimum Gasteiger partial charge on any atom is -0.451 e. The highest BCUT2D eigenvalue weighted by Crippen LogP contribution is 2.41. The minimum absolute atomic E-state index is 0.0257. The van der Waals surface area contributed by atoms with Crippen LogP contribution in [-0.2, 0) is 18.4 Å². The van der Waals surface area contributed by atoms with Crippen molar-refractivity contribution >= 4 is 27.8 Å². The van der Waals surface area contributed by atoms with E-state index in [1.165, 1.54) is 21.9 Å². The second-order valence-electron chi connectivity index (χ2n) is 8.37. The van der Waals surface area contributed by atoms with Crippen LogP contribution < -0.4 is 10.3 Å². The van der Waals surface area contributed by atoms with Crippen LogP contribution in [0.25, 0.3) is 33.1 Å². The van der Waals surface area contributed by atoms with Crippen molar-refractivity contribution in [3.63, 3.8) is 0 Å². The van der Waals surface area contributed by atoms with E-state index in [9.17, 15) is 18.4 Å². The number of carbonyl (C=O) groups excluding carboxylic acids is 1. The fourth-order valence-electron chi connectivity index (χ4n) is 4.01. The average Bonchev–Trinajstić information content (AvgIpc) is 3.46. The standard InChI is InChI=1S/C25H21F2N5O3/c1-30(2)21(33)12-32-13-29-19-6-5-16(17-11-31(3)25(34)22-15(17)8-9-28-22)24(23(19)32)35-20-7-4-14(26)10-18(20)27/h4-11,13,28H,12H2,1-3H3. The lowest BCUT2D eigenvalue weighted by molar-refractivity contribution is -0.129. The molecule has 0 aliphatic rings. The zero-order valence-corrected chi connectivity index (χ0v) is 19.2. The largest absolute Gasteiger partial charge is 0.451 e. The monoisotopic (exact) mass is 477 g/mol. The third-order valence-electron chi connectivity index (χ3n) is 5.83. The molecule has 5 rings (SSSR count). The molecular weight excluding hydrogens is 456 g/mol. The molecule has 0 bridgehead atoms. The summed E-state index contributed by atoms with van der Waals surface area (Å²) in [5, 5.41) is 0.646. The minimum atomic E-state index is -0.879. The van der Waals surface area contributed by atoms with E-state index < -0.39 is 11.6 Å². The Kier molecular flexibility index (Phi) is 5.35. The van der Waals surface area contributed by atoms with Crippen molar-refractivity contribution in [2.75, 3.05) is 14.1 Å². The van der Waals surface area contributed by atoms with Gasteiger partial charge in [-0.1, -0.05) is 0 Å². The molecule has 0 atom stereocenters. The van der Waals surface area contributed by atoms with E-state index >= 15 is 0 Å². The first-order chi connectivity index (χ1) is 16.7. The molecule has 5 aromatic rings. The number of nitrogens with one attached hydrogen (secondary N) is 1. The van der Waals surface area contributed by atoms with Gasteiger partial charge in [-0.2, -0.15) is 0 Å². The van der Waals surface area contributed by atoms with Gasteiger partial charge in [0, 0.05) is 56.1 Å². The number of nitrogens with zero attached hydrogens (tertiary/aromatic N) is 4. The van der Waals surface area contributed by atoms with Crippen molar-refractivity contribution in [1.82, 2.24) is 24.0 Å². The molecule has 3 heterocycles. The summed E-state index contributed by atoms with van der Waals surface area (Å²) in [6, 6.07) is 8.33. The number of amides is 1. The molecule has 0 fully saturated rings. The third kappa shape index (κ3) is 3.82. The summed E-state index contributed by atoms with van der Waals surface area (Å²) in [6.45, 7) is -0.0257. The number of benzene rings is 2. The molecule has 0 spiro atoms. The van der Waals surface area contributed by atoms with Crippen LogP contribution in [0.3, 0.4) is 0 Å². The van der Waals surface area contributed by atoms with Gasteiger partial charge >= 0.3 is 0 Å². The normalized spacial score (nSPS) is 11.3. The van der Waals surface area contributed by atoms with E-state index in [0.29, 0.717) is 33.1 Å². The Morgan fingerprint density at radius 3 is 2.69 bits per heavy atom. The Morgan fingerprint density at radius 1 is 1.14 bits per heavy atom. The summed E-state index contributed by atoms with van der Waals surface area (Å²) in [5.74, 6) is -1.76. The molecule has 0 saturated carbocycles. The van der Waals surface area contributed by atoms with Gasteiger partial charge in [-0.25, -0.2) is 13.8 Å². The van der Waals surface area contributed by atoms with E-state index in [2.05, 4.69) is 9.97 Å². The topological polar surface area (TPSA) is 85.2 Å². The SMILES string of the molecule is CN(C)C(=O)Cn1cnc2ccc(-c3cn(C)c(=O)c4[nH]ccc34)c(Oc3ccc(F)cc3F)c21. The quantitative estimate of drug-likeness (QED) is 0.414. The number of rotatable bonds is 5. The summed E-state index contributed by atoms with van der Waals surface area (Å²) in [5.41, 5.74) is 2.37. The Balaban J connectivity index is 1.81. The van der Waals surface area contributed by atoms with Crippen LogP contribution in [0.4, 0.5) is 8.78 Å². The van der Waals surface area contributed by atoms with Crippen LogP contribution in [0.15, 0.2) is 59.9 Å². The number of H-pyrrole nitrogens is 1. The van der Waals surface area contributed by atoms with E-state index in [1.807, 2.05) is 0 Å². The molecule has 0 radical (unpaired) electrons. The lowest BCUT2D eigenvalue weighted by Gasteiger charge is -2.17. The Bertz CT molecular complexity index is 1670. The highest BCUT2D eigenvalue weighted by Gasteiger charge is 2.22. The van der Waals surface area contributed by atoms with Crippen LogP contribution in [0.1, 0.15) is 0 Å². The number of hydrogen-bond acceptors (Lipinski definition) is 4. The molecule has 1 amide bonds. The van der Waals surface area contributed by atoms with Crippen LogP contribution in [0.5, 0.6) is 11.5 Å². The maximum atomic E-state index is 14.6. The first kappa shape index (κ1) is 22.3. The van der Waals surface area contributed by atoms with Crippen LogP contribution in [0.2, 0.25) is 0 Å². The van der Waals surface area contributed by atoms with Crippen molar-refractivity contribution in [2.45, 2.75) is 6.54 Å². The summed E-state index contributed by atoms with van der Waals surface area (Å²) in [7, 11) is 4.92. The number of imidazole rings is 1. The molecule has 0 aliphatic heterocycles. The summed E-state index contributed by atoms with van der Waals surface area (Å²) in [4.78, 5) is 33.9. The van der Waals surface area contributed by atoms with Gasteiger partial charge in [-0.15, -0.1) is 0 Å². The number of aryl methyl sites for hydroxylation is 1. The van der Waals surface area contributed by atoms with E-state index in [0.717, 1.165) is 12.1 Å². The maximum Gasteiger partial charge on any atom is 0.274 e. The number of ether oxygens (including phenoxy) is 1. The molecule has 2 aromatic carbocycles. The molecule has 1 N–H and O–H groups in total.